The number of aryl methyl sites for hydroxylation is 1. The first-order valence-corrected chi connectivity index (χ1v) is 7.14. The molecule has 0 heterocycles. The monoisotopic (exact) mass is 273 g/mol. The molecule has 108 valence electrons. The lowest BCUT2D eigenvalue weighted by Crippen LogP contribution is -2.07. The van der Waals surface area contributed by atoms with Gasteiger partial charge in [-0.25, -0.2) is 0 Å². The van der Waals surface area contributed by atoms with Gasteiger partial charge in [0.1, 0.15) is 5.76 Å². The Morgan fingerprint density at radius 3 is 2.55 bits per heavy atom. The number of allylic oxidation sites excluding steroid dienone is 2. The van der Waals surface area contributed by atoms with Crippen molar-refractivity contribution in [3.63, 3.8) is 0 Å². The zero-order valence-corrected chi connectivity index (χ0v) is 12.5. The molecule has 0 atom stereocenters. The average molecular weight is 273 g/mol. The molecule has 0 spiro atoms. The minimum atomic E-state index is -0.0464. The minimum absolute atomic E-state index is 0.0464. The molecule has 20 heavy (non-hydrogen) atoms. The molecule has 0 saturated heterocycles. The fourth-order valence-corrected chi connectivity index (χ4v) is 1.89. The smallest absolute Gasteiger partial charge is 0.167 e. The van der Waals surface area contributed by atoms with Gasteiger partial charge in [0.2, 0.25) is 0 Å². The number of hydrogen-bond donors (Lipinski definition) is 1. The van der Waals surface area contributed by atoms with Gasteiger partial charge in [0.25, 0.3) is 0 Å². The van der Waals surface area contributed by atoms with E-state index in [0.717, 1.165) is 24.1 Å². The van der Waals surface area contributed by atoms with E-state index in [4.69, 9.17) is 0 Å². The van der Waals surface area contributed by atoms with E-state index in [1.54, 1.807) is 0 Å². The quantitative estimate of drug-likeness (QED) is 0.445. The normalized spacial score (nSPS) is 12.6. The van der Waals surface area contributed by atoms with Crippen molar-refractivity contribution in [2.45, 2.75) is 46.5 Å². The Labute approximate surface area is 121 Å². The topological polar surface area (TPSA) is 49.7 Å². The summed E-state index contributed by atoms with van der Waals surface area (Å²) in [4.78, 5) is 16.3. The molecular formula is C17H23NO2. The first-order chi connectivity index (χ1) is 9.58. The van der Waals surface area contributed by atoms with Crippen LogP contribution in [0.4, 0.5) is 5.69 Å². The Kier molecular flexibility index (Phi) is 6.71. The van der Waals surface area contributed by atoms with E-state index in [0.29, 0.717) is 18.4 Å². The number of carbonyl (C=O) groups excluding carboxylic acids is 1. The highest BCUT2D eigenvalue weighted by Crippen LogP contribution is 2.16. The molecule has 0 radical (unpaired) electrons. The van der Waals surface area contributed by atoms with Crippen LogP contribution in [-0.2, 0) is 4.79 Å². The summed E-state index contributed by atoms with van der Waals surface area (Å²) in [5.74, 6) is 0.0946. The van der Waals surface area contributed by atoms with Crippen LogP contribution >= 0.6 is 0 Å². The average Bonchev–Trinajstić information content (AvgIpc) is 2.39. The van der Waals surface area contributed by atoms with E-state index in [1.165, 1.54) is 6.21 Å². The molecule has 1 N–H and O–H groups in total. The summed E-state index contributed by atoms with van der Waals surface area (Å²) in [6, 6.07) is 7.73. The number of rotatable bonds is 7. The Hall–Kier alpha value is -1.90. The SMILES string of the molecule is CCCC(=O)C(C=Nc1cccc(C)c1)=C(O)CCC. The van der Waals surface area contributed by atoms with Crippen molar-refractivity contribution in [3.8, 4) is 0 Å². The molecule has 0 aliphatic rings. The van der Waals surface area contributed by atoms with E-state index >= 15 is 0 Å². The number of carbonyl (C=O) groups is 1. The van der Waals surface area contributed by atoms with E-state index < -0.39 is 0 Å². The van der Waals surface area contributed by atoms with Gasteiger partial charge in [0.05, 0.1) is 11.3 Å². The standard InChI is InChI=1S/C17H23NO2/c1-4-7-16(19)15(17(20)8-5-2)12-18-14-10-6-9-13(3)11-14/h6,9-12,19H,4-5,7-8H2,1-3H3. The first-order valence-electron chi connectivity index (χ1n) is 7.14. The lowest BCUT2D eigenvalue weighted by Gasteiger charge is -2.05. The second-order valence-corrected chi connectivity index (χ2v) is 4.88. The molecule has 1 aromatic carbocycles. The summed E-state index contributed by atoms with van der Waals surface area (Å²) in [5.41, 5.74) is 2.24. The lowest BCUT2D eigenvalue weighted by atomic mass is 10.0. The van der Waals surface area contributed by atoms with Gasteiger partial charge in [0, 0.05) is 19.1 Å². The van der Waals surface area contributed by atoms with Gasteiger partial charge in [-0.2, -0.15) is 0 Å². The Balaban J connectivity index is 3.00. The number of hydrogen-bond acceptors (Lipinski definition) is 3. The van der Waals surface area contributed by atoms with Gasteiger partial charge in [-0.15, -0.1) is 0 Å². The van der Waals surface area contributed by atoms with Gasteiger partial charge in [-0.05, 0) is 37.5 Å². The van der Waals surface area contributed by atoms with Crippen LogP contribution in [0.3, 0.4) is 0 Å². The zero-order chi connectivity index (χ0) is 15.0. The largest absolute Gasteiger partial charge is 0.512 e. The highest BCUT2D eigenvalue weighted by Gasteiger charge is 2.12. The highest BCUT2D eigenvalue weighted by molar-refractivity contribution is 6.14. The van der Waals surface area contributed by atoms with Gasteiger partial charge in [-0.3, -0.25) is 9.79 Å². The third-order valence-corrected chi connectivity index (χ3v) is 2.92. The van der Waals surface area contributed by atoms with E-state index in [1.807, 2.05) is 45.0 Å². The molecule has 0 amide bonds. The van der Waals surface area contributed by atoms with E-state index in [-0.39, 0.29) is 11.5 Å². The van der Waals surface area contributed by atoms with Crippen molar-refractivity contribution in [1.82, 2.24) is 0 Å². The summed E-state index contributed by atoms with van der Waals surface area (Å²) in [6.07, 6.45) is 4.00. The highest BCUT2D eigenvalue weighted by atomic mass is 16.3. The molecule has 0 saturated carbocycles. The van der Waals surface area contributed by atoms with Crippen LogP contribution in [0, 0.1) is 6.92 Å². The van der Waals surface area contributed by atoms with Crippen LogP contribution in [0.1, 0.15) is 45.1 Å². The molecule has 3 heteroatoms. The van der Waals surface area contributed by atoms with E-state index in [9.17, 15) is 9.90 Å². The predicted molar refractivity (Wildman–Crippen MR) is 83.8 cm³/mol. The molecular weight excluding hydrogens is 250 g/mol. The molecule has 0 bridgehead atoms. The van der Waals surface area contributed by atoms with Crippen LogP contribution in [0.15, 0.2) is 40.6 Å². The molecule has 1 rings (SSSR count). The third kappa shape index (κ3) is 5.00. The summed E-state index contributed by atoms with van der Waals surface area (Å²) in [5, 5.41) is 10.0. The molecule has 0 aromatic heterocycles. The third-order valence-electron chi connectivity index (χ3n) is 2.92. The summed E-state index contributed by atoms with van der Waals surface area (Å²) in [6.45, 7) is 5.91. The Morgan fingerprint density at radius 2 is 1.95 bits per heavy atom. The maximum absolute atomic E-state index is 12.0. The summed E-state index contributed by atoms with van der Waals surface area (Å²) in [7, 11) is 0. The number of Topliss-reactive ketones (excluding diaryl/α,β-unsaturated/α-hetero) is 1. The molecule has 0 fully saturated rings. The number of aliphatic imine (C=N–C) groups is 1. The maximum atomic E-state index is 12.0. The van der Waals surface area contributed by atoms with Crippen molar-refractivity contribution < 1.29 is 9.90 Å². The van der Waals surface area contributed by atoms with Gasteiger partial charge < -0.3 is 5.11 Å². The Morgan fingerprint density at radius 1 is 1.25 bits per heavy atom. The fourth-order valence-electron chi connectivity index (χ4n) is 1.89. The second kappa shape index (κ2) is 8.31. The summed E-state index contributed by atoms with van der Waals surface area (Å²) >= 11 is 0. The van der Waals surface area contributed by atoms with Crippen LogP contribution < -0.4 is 0 Å². The fraction of sp³-hybridized carbons (Fsp3) is 0.412. The van der Waals surface area contributed by atoms with Gasteiger partial charge >= 0.3 is 0 Å². The lowest BCUT2D eigenvalue weighted by molar-refractivity contribution is -0.115. The predicted octanol–water partition coefficient (Wildman–Crippen LogP) is 4.68. The van der Waals surface area contributed by atoms with E-state index in [2.05, 4.69) is 4.99 Å². The van der Waals surface area contributed by atoms with Crippen molar-refractivity contribution in [3.05, 3.63) is 41.2 Å². The molecule has 0 unspecified atom stereocenters. The van der Waals surface area contributed by atoms with Crippen LogP contribution in [0.5, 0.6) is 0 Å². The number of nitrogens with zero attached hydrogens (tertiary/aromatic N) is 1. The number of aliphatic hydroxyl groups is 1. The number of aliphatic hydroxyl groups excluding tert-OH is 1. The van der Waals surface area contributed by atoms with Crippen LogP contribution in [-0.4, -0.2) is 17.1 Å². The van der Waals surface area contributed by atoms with Crippen LogP contribution in [0.2, 0.25) is 0 Å². The maximum Gasteiger partial charge on any atom is 0.167 e. The van der Waals surface area contributed by atoms with Crippen molar-refractivity contribution in [1.29, 1.82) is 0 Å². The number of ketones is 1. The van der Waals surface area contributed by atoms with Crippen LogP contribution in [0.25, 0.3) is 0 Å². The van der Waals surface area contributed by atoms with Crippen molar-refractivity contribution in [2.75, 3.05) is 0 Å². The molecule has 3 nitrogen and oxygen atoms in total. The number of benzene rings is 1. The van der Waals surface area contributed by atoms with Gasteiger partial charge in [-0.1, -0.05) is 26.0 Å². The molecule has 1 aromatic rings. The first kappa shape index (κ1) is 16.2. The Bertz CT molecular complexity index is 515. The van der Waals surface area contributed by atoms with Crippen molar-refractivity contribution in [2.24, 2.45) is 4.99 Å². The zero-order valence-electron chi connectivity index (χ0n) is 12.5. The van der Waals surface area contributed by atoms with Gasteiger partial charge in [0.15, 0.2) is 5.78 Å². The molecule has 0 aliphatic carbocycles. The summed E-state index contributed by atoms with van der Waals surface area (Å²) < 4.78 is 0. The molecule has 0 aliphatic heterocycles. The minimum Gasteiger partial charge on any atom is -0.512 e. The van der Waals surface area contributed by atoms with Crippen molar-refractivity contribution >= 4 is 17.7 Å². The second-order valence-electron chi connectivity index (χ2n) is 4.88.